The smallest absolute Gasteiger partial charge is 0.336 e. The number of carboxylic acids is 1. The molecule has 0 bridgehead atoms. The first kappa shape index (κ1) is 31.7. The number of carbonyl (C=O) groups excluding carboxylic acids is 1. The fourth-order valence-corrected chi connectivity index (χ4v) is 6.07. The first-order chi connectivity index (χ1) is 23.3. The zero-order chi connectivity index (χ0) is 33.9. The Morgan fingerprint density at radius 2 is 1.67 bits per heavy atom. The molecule has 0 aliphatic heterocycles. The number of H-pyrrole nitrogens is 1. The van der Waals surface area contributed by atoms with E-state index in [9.17, 15) is 19.5 Å². The van der Waals surface area contributed by atoms with E-state index in [1.807, 2.05) is 50.2 Å². The lowest BCUT2D eigenvalue weighted by atomic mass is 9.94. The number of rotatable bonds is 11. The van der Waals surface area contributed by atoms with Crippen molar-refractivity contribution >= 4 is 39.0 Å². The minimum Gasteiger partial charge on any atom is -0.494 e. The van der Waals surface area contributed by atoms with Gasteiger partial charge in [-0.1, -0.05) is 42.5 Å². The molecule has 0 saturated carbocycles. The van der Waals surface area contributed by atoms with Crippen molar-refractivity contribution in [2.45, 2.75) is 26.7 Å². The predicted molar refractivity (Wildman–Crippen MR) is 182 cm³/mol. The van der Waals surface area contributed by atoms with Crippen LogP contribution >= 0.6 is 0 Å². The van der Waals surface area contributed by atoms with Crippen LogP contribution in [0.1, 0.15) is 46.7 Å². The maximum absolute atomic E-state index is 13.2. The predicted octanol–water partition coefficient (Wildman–Crippen LogP) is 7.01. The Kier molecular flexibility index (Phi) is 8.73. The standard InChI is InChI=1S/C37H31N5O6/c1-5-47-30-19-22(17-26-28(40-41-36(44)32(26)30)15-16-29(43)24-13-9-10-14-25(24)37(45)46)27-20-39-42(4)35(27)33-31(48-6-2)18-21-11-7-8-12-23(21)34(33)38-3/h7-14,17-20H,5-6,15-16H2,1-2,4H3,(H,41,44)(H,45,46). The Bertz CT molecular complexity index is 2330. The summed E-state index contributed by atoms with van der Waals surface area (Å²) < 4.78 is 13.8. The van der Waals surface area contributed by atoms with Crippen molar-refractivity contribution < 1.29 is 24.2 Å². The highest BCUT2D eigenvalue weighted by Crippen LogP contribution is 2.48. The van der Waals surface area contributed by atoms with Crippen LogP contribution in [0.15, 0.2) is 77.7 Å². The summed E-state index contributed by atoms with van der Waals surface area (Å²) in [5.74, 6) is -0.695. The number of carbonyl (C=O) groups is 2. The number of benzene rings is 4. The second kappa shape index (κ2) is 13.2. The molecule has 0 aliphatic rings. The van der Waals surface area contributed by atoms with Crippen molar-refractivity contribution in [2.24, 2.45) is 7.05 Å². The van der Waals surface area contributed by atoms with Crippen LogP contribution in [0, 0.1) is 6.57 Å². The number of fused-ring (bicyclic) bond motifs is 2. The average molecular weight is 642 g/mol. The summed E-state index contributed by atoms with van der Waals surface area (Å²) >= 11 is 0. The van der Waals surface area contributed by atoms with Crippen molar-refractivity contribution in [2.75, 3.05) is 13.2 Å². The van der Waals surface area contributed by atoms with Crippen LogP contribution in [0.25, 0.3) is 48.8 Å². The fraction of sp³-hybridized carbons (Fsp3) is 0.189. The highest BCUT2D eigenvalue weighted by atomic mass is 16.5. The quantitative estimate of drug-likeness (QED) is 0.114. The van der Waals surface area contributed by atoms with Gasteiger partial charge >= 0.3 is 5.97 Å². The number of ether oxygens (including phenoxy) is 2. The Morgan fingerprint density at radius 1 is 0.958 bits per heavy atom. The molecule has 0 atom stereocenters. The topological polar surface area (TPSA) is 141 Å². The molecule has 11 nitrogen and oxygen atoms in total. The van der Waals surface area contributed by atoms with Crippen LogP contribution in [0.3, 0.4) is 0 Å². The number of hydrogen-bond donors (Lipinski definition) is 2. The number of aromatic amines is 1. The van der Waals surface area contributed by atoms with Gasteiger partial charge in [0.2, 0.25) is 5.69 Å². The molecule has 0 amide bonds. The molecule has 2 N–H and O–H groups in total. The lowest BCUT2D eigenvalue weighted by molar-refractivity contribution is 0.0691. The summed E-state index contributed by atoms with van der Waals surface area (Å²) in [6.45, 7) is 12.5. The Morgan fingerprint density at radius 3 is 2.40 bits per heavy atom. The largest absolute Gasteiger partial charge is 0.494 e. The molecule has 6 aromatic rings. The third-order valence-corrected chi connectivity index (χ3v) is 8.16. The fourth-order valence-electron chi connectivity index (χ4n) is 6.07. The van der Waals surface area contributed by atoms with Gasteiger partial charge < -0.3 is 14.6 Å². The zero-order valence-electron chi connectivity index (χ0n) is 26.5. The van der Waals surface area contributed by atoms with Gasteiger partial charge in [0.1, 0.15) is 11.5 Å². The normalized spacial score (nSPS) is 11.0. The lowest BCUT2D eigenvalue weighted by Gasteiger charge is -2.17. The van der Waals surface area contributed by atoms with Crippen molar-refractivity contribution in [1.29, 1.82) is 0 Å². The number of aryl methyl sites for hydroxylation is 2. The highest BCUT2D eigenvalue weighted by Gasteiger charge is 2.25. The maximum atomic E-state index is 13.2. The van der Waals surface area contributed by atoms with E-state index in [2.05, 4.69) is 20.1 Å². The van der Waals surface area contributed by atoms with Crippen molar-refractivity contribution in [3.63, 3.8) is 0 Å². The second-order valence-electron chi connectivity index (χ2n) is 11.0. The zero-order valence-corrected chi connectivity index (χ0v) is 26.5. The molecule has 48 heavy (non-hydrogen) atoms. The number of ketones is 1. The van der Waals surface area contributed by atoms with Gasteiger partial charge in [0.05, 0.1) is 48.3 Å². The van der Waals surface area contributed by atoms with Gasteiger partial charge in [0.25, 0.3) is 5.56 Å². The molecular formula is C37H31N5O6. The van der Waals surface area contributed by atoms with E-state index in [4.69, 9.17) is 16.0 Å². The maximum Gasteiger partial charge on any atom is 0.336 e. The average Bonchev–Trinajstić information content (AvgIpc) is 3.47. The molecule has 11 heteroatoms. The monoisotopic (exact) mass is 641 g/mol. The molecule has 2 aromatic heterocycles. The molecule has 0 spiro atoms. The number of hydrogen-bond acceptors (Lipinski definition) is 7. The molecule has 6 rings (SSSR count). The van der Waals surface area contributed by atoms with Crippen LogP contribution in [-0.2, 0) is 13.5 Å². The molecule has 0 unspecified atom stereocenters. The van der Waals surface area contributed by atoms with Gasteiger partial charge in [-0.15, -0.1) is 0 Å². The van der Waals surface area contributed by atoms with E-state index in [1.165, 1.54) is 12.1 Å². The van der Waals surface area contributed by atoms with Crippen LogP contribution in [0.2, 0.25) is 0 Å². The molecule has 240 valence electrons. The molecule has 0 radical (unpaired) electrons. The summed E-state index contributed by atoms with van der Waals surface area (Å²) in [7, 11) is 1.79. The summed E-state index contributed by atoms with van der Waals surface area (Å²) in [5, 5.41) is 23.4. The number of aromatic carboxylic acids is 1. The third kappa shape index (κ3) is 5.64. The third-order valence-electron chi connectivity index (χ3n) is 8.16. The van der Waals surface area contributed by atoms with Gasteiger partial charge in [0, 0.05) is 35.5 Å². The van der Waals surface area contributed by atoms with Crippen LogP contribution < -0.4 is 15.0 Å². The Balaban J connectivity index is 1.53. The van der Waals surface area contributed by atoms with Gasteiger partial charge in [-0.3, -0.25) is 14.3 Å². The van der Waals surface area contributed by atoms with Crippen molar-refractivity contribution in [3.05, 3.63) is 112 Å². The minimum atomic E-state index is -1.19. The van der Waals surface area contributed by atoms with Crippen molar-refractivity contribution in [1.82, 2.24) is 20.0 Å². The Labute approximate surface area is 275 Å². The van der Waals surface area contributed by atoms with E-state index >= 15 is 0 Å². The highest BCUT2D eigenvalue weighted by molar-refractivity contribution is 6.08. The number of Topliss-reactive ketones (excluding diaryl/α,β-unsaturated/α-hetero) is 1. The summed E-state index contributed by atoms with van der Waals surface area (Å²) in [6, 6.07) is 19.2. The van der Waals surface area contributed by atoms with Crippen LogP contribution in [0.4, 0.5) is 5.69 Å². The lowest BCUT2D eigenvalue weighted by Crippen LogP contribution is -2.14. The van der Waals surface area contributed by atoms with E-state index in [0.29, 0.717) is 57.3 Å². The second-order valence-corrected chi connectivity index (χ2v) is 11.0. The van der Waals surface area contributed by atoms with Crippen LogP contribution in [0.5, 0.6) is 11.5 Å². The molecule has 4 aromatic carbocycles. The van der Waals surface area contributed by atoms with E-state index in [-0.39, 0.29) is 41.7 Å². The molecule has 0 aliphatic carbocycles. The van der Waals surface area contributed by atoms with Crippen LogP contribution in [-0.4, -0.2) is 50.1 Å². The Hall–Kier alpha value is -6.28. The SMILES string of the molecule is [C-]#[N+]c1c(-c2c(-c3cc(OCC)c4c(=O)[nH]nc(CCC(=O)c5ccccc5C(=O)O)c4c3)cnn2C)c(OCC)cc2ccccc12. The van der Waals surface area contributed by atoms with Gasteiger partial charge in [-0.25, -0.2) is 14.7 Å². The van der Waals surface area contributed by atoms with Gasteiger partial charge in [-0.05, 0) is 60.9 Å². The summed E-state index contributed by atoms with van der Waals surface area (Å²) in [5.41, 5.74) is 2.96. The first-order valence-corrected chi connectivity index (χ1v) is 15.4. The van der Waals surface area contributed by atoms with Gasteiger partial charge in [0.15, 0.2) is 5.78 Å². The first-order valence-electron chi connectivity index (χ1n) is 15.4. The number of aromatic nitrogens is 4. The summed E-state index contributed by atoms with van der Waals surface area (Å²) in [6.07, 6.45) is 1.77. The number of carboxylic acid groups (broad SMARTS) is 1. The molecule has 0 saturated heterocycles. The van der Waals surface area contributed by atoms with Gasteiger partial charge in [-0.2, -0.15) is 10.2 Å². The number of nitrogens with one attached hydrogen (secondary N) is 1. The van der Waals surface area contributed by atoms with E-state index < -0.39 is 11.5 Å². The minimum absolute atomic E-state index is 0.0477. The molecular weight excluding hydrogens is 610 g/mol. The van der Waals surface area contributed by atoms with E-state index in [0.717, 1.165) is 10.8 Å². The molecule has 2 heterocycles. The van der Waals surface area contributed by atoms with Crippen molar-refractivity contribution in [3.8, 4) is 33.9 Å². The summed E-state index contributed by atoms with van der Waals surface area (Å²) in [4.78, 5) is 42.1. The number of nitrogens with zero attached hydrogens (tertiary/aromatic N) is 4. The molecule has 0 fully saturated rings. The van der Waals surface area contributed by atoms with E-state index in [1.54, 1.807) is 36.1 Å².